The normalized spacial score (nSPS) is 14.4. The molecule has 1 aromatic heterocycles. The third-order valence-corrected chi connectivity index (χ3v) is 2.38. The van der Waals surface area contributed by atoms with Gasteiger partial charge in [-0.2, -0.15) is 39.5 Å². The summed E-state index contributed by atoms with van der Waals surface area (Å²) in [7, 11) is 0. The standard InChI is InChI=1S/C9H4F9NO2/c10-6(11,12)5(20)4-2-1-3-19(4)7(21,8(13,14)15)9(16,17)18/h1-3,21H. The van der Waals surface area contributed by atoms with Crippen molar-refractivity contribution in [2.24, 2.45) is 0 Å². The third kappa shape index (κ3) is 2.71. The van der Waals surface area contributed by atoms with Gasteiger partial charge in [-0.25, -0.2) is 0 Å². The van der Waals surface area contributed by atoms with Crippen LogP contribution in [0.2, 0.25) is 0 Å². The summed E-state index contributed by atoms with van der Waals surface area (Å²) in [6, 6.07) is 0.416. The number of carbonyl (C=O) groups excluding carboxylic acids is 1. The fourth-order valence-electron chi connectivity index (χ4n) is 1.43. The van der Waals surface area contributed by atoms with E-state index < -0.39 is 40.3 Å². The minimum absolute atomic E-state index is 0.0816. The first-order chi connectivity index (χ1) is 9.14. The first kappa shape index (κ1) is 17.3. The summed E-state index contributed by atoms with van der Waals surface area (Å²) in [6.07, 6.45) is -18.7. The molecule has 21 heavy (non-hydrogen) atoms. The summed E-state index contributed by atoms with van der Waals surface area (Å²) in [5.41, 5.74) is -7.67. The van der Waals surface area contributed by atoms with Crippen molar-refractivity contribution in [3.8, 4) is 0 Å². The van der Waals surface area contributed by atoms with E-state index in [0.29, 0.717) is 6.07 Å². The highest BCUT2D eigenvalue weighted by atomic mass is 19.4. The maximum absolute atomic E-state index is 12.5. The molecule has 0 radical (unpaired) electrons. The second-order valence-electron chi connectivity index (χ2n) is 3.76. The molecule has 120 valence electrons. The molecule has 0 aliphatic rings. The number of aromatic nitrogens is 1. The summed E-state index contributed by atoms with van der Waals surface area (Å²) in [4.78, 5) is 10.9. The smallest absolute Gasteiger partial charge is 0.356 e. The number of hydrogen-bond acceptors (Lipinski definition) is 2. The van der Waals surface area contributed by atoms with Gasteiger partial charge in [-0.1, -0.05) is 0 Å². The summed E-state index contributed by atoms with van der Waals surface area (Å²) >= 11 is 0. The van der Waals surface area contributed by atoms with E-state index in [9.17, 15) is 44.3 Å². The number of hydrogen-bond donors (Lipinski definition) is 1. The lowest BCUT2D eigenvalue weighted by Gasteiger charge is -2.34. The van der Waals surface area contributed by atoms with Crippen LogP contribution in [0.3, 0.4) is 0 Å². The molecular weight excluding hydrogens is 325 g/mol. The van der Waals surface area contributed by atoms with Crippen LogP contribution in [0.15, 0.2) is 18.3 Å². The number of alkyl halides is 9. The number of aliphatic hydroxyl groups is 1. The lowest BCUT2D eigenvalue weighted by Crippen LogP contribution is -2.59. The van der Waals surface area contributed by atoms with Gasteiger partial charge in [-0.15, -0.1) is 0 Å². The molecule has 0 unspecified atom stereocenters. The van der Waals surface area contributed by atoms with Crippen LogP contribution in [-0.4, -0.2) is 34.0 Å². The van der Waals surface area contributed by atoms with Gasteiger partial charge in [0.05, 0.1) is 5.69 Å². The summed E-state index contributed by atoms with van der Waals surface area (Å²) in [5, 5.41) is 8.93. The van der Waals surface area contributed by atoms with Crippen LogP contribution in [0, 0.1) is 0 Å². The molecule has 12 heteroatoms. The minimum atomic E-state index is -6.41. The highest BCUT2D eigenvalue weighted by molar-refractivity contribution is 5.99. The van der Waals surface area contributed by atoms with Crippen LogP contribution in [-0.2, 0) is 5.72 Å². The molecule has 0 spiro atoms. The molecule has 0 aliphatic carbocycles. The molecular formula is C9H4F9NO2. The molecule has 0 saturated heterocycles. The zero-order chi connectivity index (χ0) is 16.9. The SMILES string of the molecule is O=C(c1cccn1C(O)(C(F)(F)F)C(F)(F)F)C(F)(F)F. The molecule has 0 bridgehead atoms. The molecule has 0 saturated carbocycles. The van der Waals surface area contributed by atoms with Crippen LogP contribution >= 0.6 is 0 Å². The predicted molar refractivity (Wildman–Crippen MR) is 47.1 cm³/mol. The van der Waals surface area contributed by atoms with Crippen LogP contribution in [0.1, 0.15) is 10.5 Å². The first-order valence-electron chi connectivity index (χ1n) is 4.79. The van der Waals surface area contributed by atoms with E-state index in [2.05, 4.69) is 0 Å². The molecule has 1 rings (SSSR count). The minimum Gasteiger partial charge on any atom is -0.356 e. The number of carbonyl (C=O) groups is 1. The second-order valence-corrected chi connectivity index (χ2v) is 3.76. The van der Waals surface area contributed by atoms with Crippen LogP contribution < -0.4 is 0 Å². The zero-order valence-corrected chi connectivity index (χ0v) is 9.44. The molecule has 0 aromatic carbocycles. The van der Waals surface area contributed by atoms with E-state index in [1.807, 2.05) is 0 Å². The van der Waals surface area contributed by atoms with Gasteiger partial charge in [0, 0.05) is 6.20 Å². The van der Waals surface area contributed by atoms with Gasteiger partial charge >= 0.3 is 24.3 Å². The molecule has 0 atom stereocenters. The van der Waals surface area contributed by atoms with Crippen molar-refractivity contribution in [3.05, 3.63) is 24.0 Å². The maximum atomic E-state index is 12.5. The fourth-order valence-corrected chi connectivity index (χ4v) is 1.43. The Bertz CT molecular complexity index is 523. The molecule has 3 nitrogen and oxygen atoms in total. The topological polar surface area (TPSA) is 42.2 Å². The molecule has 0 amide bonds. The Labute approximate surface area is 109 Å². The molecule has 1 heterocycles. The summed E-state index contributed by atoms with van der Waals surface area (Å²) < 4.78 is 110. The van der Waals surface area contributed by atoms with Crippen molar-refractivity contribution in [1.82, 2.24) is 4.57 Å². The molecule has 0 aliphatic heterocycles. The van der Waals surface area contributed by atoms with E-state index in [0.717, 1.165) is 0 Å². The van der Waals surface area contributed by atoms with Crippen LogP contribution in [0.25, 0.3) is 0 Å². The van der Waals surface area contributed by atoms with Gasteiger partial charge in [-0.3, -0.25) is 4.79 Å². The molecule has 0 fully saturated rings. The Morgan fingerprint density at radius 3 is 1.71 bits per heavy atom. The summed E-state index contributed by atoms with van der Waals surface area (Å²) in [6.45, 7) is 0. The highest BCUT2D eigenvalue weighted by Gasteiger charge is 2.73. The average Bonchev–Trinajstić information content (AvgIpc) is 2.70. The van der Waals surface area contributed by atoms with Gasteiger partial charge < -0.3 is 9.67 Å². The van der Waals surface area contributed by atoms with E-state index in [4.69, 9.17) is 5.11 Å². The van der Waals surface area contributed by atoms with E-state index in [-0.39, 0.29) is 12.3 Å². The number of rotatable bonds is 2. The van der Waals surface area contributed by atoms with Crippen molar-refractivity contribution >= 4 is 5.78 Å². The zero-order valence-electron chi connectivity index (χ0n) is 9.44. The maximum Gasteiger partial charge on any atom is 0.456 e. The molecule has 1 N–H and O–H groups in total. The number of Topliss-reactive ketones (excluding diaryl/α,β-unsaturated/α-hetero) is 1. The quantitative estimate of drug-likeness (QED) is 0.669. The fraction of sp³-hybridized carbons (Fsp3) is 0.444. The van der Waals surface area contributed by atoms with Gasteiger partial charge in [0.15, 0.2) is 0 Å². The number of halogens is 9. The van der Waals surface area contributed by atoms with Gasteiger partial charge in [0.25, 0.3) is 5.78 Å². The lowest BCUT2D eigenvalue weighted by molar-refractivity contribution is -0.406. The van der Waals surface area contributed by atoms with Gasteiger partial charge in [0.2, 0.25) is 0 Å². The molecule has 1 aromatic rings. The Kier molecular flexibility index (Phi) is 3.83. The van der Waals surface area contributed by atoms with Crippen molar-refractivity contribution in [1.29, 1.82) is 0 Å². The monoisotopic (exact) mass is 329 g/mol. The van der Waals surface area contributed by atoms with E-state index in [1.54, 1.807) is 0 Å². The van der Waals surface area contributed by atoms with Crippen LogP contribution in [0.4, 0.5) is 39.5 Å². The van der Waals surface area contributed by atoms with Gasteiger partial charge in [-0.05, 0) is 12.1 Å². The highest BCUT2D eigenvalue weighted by Crippen LogP contribution is 2.47. The predicted octanol–water partition coefficient (Wildman–Crippen LogP) is 3.00. The van der Waals surface area contributed by atoms with Crippen molar-refractivity contribution in [2.45, 2.75) is 24.3 Å². The Hall–Kier alpha value is -1.72. The van der Waals surface area contributed by atoms with Crippen molar-refractivity contribution in [2.75, 3.05) is 0 Å². The largest absolute Gasteiger partial charge is 0.456 e. The second kappa shape index (κ2) is 4.64. The van der Waals surface area contributed by atoms with Crippen LogP contribution in [0.5, 0.6) is 0 Å². The average molecular weight is 329 g/mol. The number of ketones is 1. The van der Waals surface area contributed by atoms with Gasteiger partial charge in [0.1, 0.15) is 0 Å². The third-order valence-electron chi connectivity index (χ3n) is 2.38. The van der Waals surface area contributed by atoms with Crippen molar-refractivity contribution in [3.63, 3.8) is 0 Å². The van der Waals surface area contributed by atoms with E-state index in [1.165, 1.54) is 0 Å². The summed E-state index contributed by atoms with van der Waals surface area (Å²) in [5.74, 6) is -2.96. The lowest BCUT2D eigenvalue weighted by atomic mass is 10.1. The first-order valence-corrected chi connectivity index (χ1v) is 4.79. The number of nitrogens with zero attached hydrogens (tertiary/aromatic N) is 1. The van der Waals surface area contributed by atoms with Crippen molar-refractivity contribution < 1.29 is 49.4 Å². The Morgan fingerprint density at radius 2 is 1.38 bits per heavy atom. The Balaban J connectivity index is 3.59. The Morgan fingerprint density at radius 1 is 0.952 bits per heavy atom. The van der Waals surface area contributed by atoms with E-state index >= 15 is 0 Å².